The van der Waals surface area contributed by atoms with E-state index in [1.165, 1.54) is 6.26 Å². The molecule has 0 unspecified atom stereocenters. The molecule has 3 N–H and O–H groups in total. The highest BCUT2D eigenvalue weighted by molar-refractivity contribution is 6.04. The Morgan fingerprint density at radius 3 is 2.39 bits per heavy atom. The molecule has 1 aromatic carbocycles. The zero-order chi connectivity index (χ0) is 19.8. The molecule has 3 amide bonds. The average molecular weight is 378 g/mol. The maximum Gasteiger partial charge on any atom is 0.286 e. The standard InChI is InChI=1S/C20H18N4O4/c25-18(9-11-22-20(27)17-4-2-12-28-17)23-15-7-5-14(6-8-15)19(26)24-16-3-1-10-21-13-16/h1-8,10,12-13H,9,11H2,(H,22,27)(H,23,25)(H,24,26). The zero-order valence-corrected chi connectivity index (χ0v) is 14.8. The molecule has 3 rings (SSSR count). The molecule has 0 saturated carbocycles. The Morgan fingerprint density at radius 2 is 1.71 bits per heavy atom. The Bertz CT molecular complexity index is 938. The summed E-state index contributed by atoms with van der Waals surface area (Å²) in [5, 5.41) is 8.04. The molecule has 0 fully saturated rings. The van der Waals surface area contributed by atoms with Crippen LogP contribution in [0.4, 0.5) is 11.4 Å². The molecule has 142 valence electrons. The van der Waals surface area contributed by atoms with Gasteiger partial charge in [0.15, 0.2) is 5.76 Å². The van der Waals surface area contributed by atoms with E-state index in [2.05, 4.69) is 20.9 Å². The molecular formula is C20H18N4O4. The Morgan fingerprint density at radius 1 is 0.893 bits per heavy atom. The van der Waals surface area contributed by atoms with E-state index in [0.717, 1.165) is 0 Å². The van der Waals surface area contributed by atoms with Crippen molar-refractivity contribution in [3.8, 4) is 0 Å². The van der Waals surface area contributed by atoms with Crippen molar-refractivity contribution in [1.29, 1.82) is 0 Å². The van der Waals surface area contributed by atoms with Crippen LogP contribution in [-0.4, -0.2) is 29.3 Å². The summed E-state index contributed by atoms with van der Waals surface area (Å²) >= 11 is 0. The number of aromatic nitrogens is 1. The van der Waals surface area contributed by atoms with E-state index < -0.39 is 0 Å². The maximum absolute atomic E-state index is 12.2. The normalized spacial score (nSPS) is 10.1. The summed E-state index contributed by atoms with van der Waals surface area (Å²) in [6.07, 6.45) is 4.69. The first kappa shape index (κ1) is 18.8. The number of nitrogens with one attached hydrogen (secondary N) is 3. The van der Waals surface area contributed by atoms with Crippen molar-refractivity contribution in [3.05, 3.63) is 78.5 Å². The van der Waals surface area contributed by atoms with Crippen LogP contribution in [0.15, 0.2) is 71.6 Å². The second-order valence-electron chi connectivity index (χ2n) is 5.80. The van der Waals surface area contributed by atoms with Crippen LogP contribution >= 0.6 is 0 Å². The highest BCUT2D eigenvalue weighted by atomic mass is 16.3. The van der Waals surface area contributed by atoms with Crippen molar-refractivity contribution in [1.82, 2.24) is 10.3 Å². The van der Waals surface area contributed by atoms with Crippen LogP contribution < -0.4 is 16.0 Å². The molecule has 0 atom stereocenters. The second kappa shape index (κ2) is 9.13. The Kier molecular flexibility index (Phi) is 6.14. The molecule has 2 aromatic heterocycles. The van der Waals surface area contributed by atoms with Crippen LogP contribution in [0.25, 0.3) is 0 Å². The molecule has 8 nitrogen and oxygen atoms in total. The summed E-state index contributed by atoms with van der Waals surface area (Å²) in [6, 6.07) is 13.1. The molecule has 2 heterocycles. The number of furan rings is 1. The lowest BCUT2D eigenvalue weighted by Crippen LogP contribution is -2.27. The van der Waals surface area contributed by atoms with Crippen molar-refractivity contribution < 1.29 is 18.8 Å². The van der Waals surface area contributed by atoms with Gasteiger partial charge in [-0.1, -0.05) is 0 Å². The largest absolute Gasteiger partial charge is 0.459 e. The first-order valence-corrected chi connectivity index (χ1v) is 8.55. The zero-order valence-electron chi connectivity index (χ0n) is 14.8. The summed E-state index contributed by atoms with van der Waals surface area (Å²) in [5.74, 6) is -0.707. The summed E-state index contributed by atoms with van der Waals surface area (Å²) in [6.45, 7) is 0.178. The molecule has 0 aliphatic carbocycles. The molecule has 0 radical (unpaired) electrons. The monoisotopic (exact) mass is 378 g/mol. The van der Waals surface area contributed by atoms with E-state index in [-0.39, 0.29) is 36.4 Å². The lowest BCUT2D eigenvalue weighted by Gasteiger charge is -2.08. The number of amides is 3. The van der Waals surface area contributed by atoms with Crippen LogP contribution in [0.1, 0.15) is 27.3 Å². The van der Waals surface area contributed by atoms with Gasteiger partial charge in [-0.2, -0.15) is 0 Å². The van der Waals surface area contributed by atoms with Gasteiger partial charge in [0.05, 0.1) is 18.1 Å². The number of hydrogen-bond acceptors (Lipinski definition) is 5. The van der Waals surface area contributed by atoms with Gasteiger partial charge in [-0.25, -0.2) is 0 Å². The molecule has 28 heavy (non-hydrogen) atoms. The van der Waals surface area contributed by atoms with Crippen LogP contribution in [0.2, 0.25) is 0 Å². The van der Waals surface area contributed by atoms with E-state index >= 15 is 0 Å². The molecule has 0 saturated heterocycles. The van der Waals surface area contributed by atoms with E-state index in [1.807, 2.05) is 0 Å². The summed E-state index contributed by atoms with van der Waals surface area (Å²) < 4.78 is 4.97. The van der Waals surface area contributed by atoms with Crippen LogP contribution in [0, 0.1) is 0 Å². The minimum atomic E-state index is -0.373. The fourth-order valence-electron chi connectivity index (χ4n) is 2.35. The fourth-order valence-corrected chi connectivity index (χ4v) is 2.35. The molecular weight excluding hydrogens is 360 g/mol. The minimum Gasteiger partial charge on any atom is -0.459 e. The van der Waals surface area contributed by atoms with Crippen LogP contribution in [-0.2, 0) is 4.79 Å². The fraction of sp³-hybridized carbons (Fsp3) is 0.100. The van der Waals surface area contributed by atoms with Crippen molar-refractivity contribution in [2.45, 2.75) is 6.42 Å². The quantitative estimate of drug-likeness (QED) is 0.585. The minimum absolute atomic E-state index is 0.107. The smallest absolute Gasteiger partial charge is 0.286 e. The van der Waals surface area contributed by atoms with Crippen molar-refractivity contribution in [2.75, 3.05) is 17.2 Å². The molecule has 3 aromatic rings. The second-order valence-corrected chi connectivity index (χ2v) is 5.80. The third kappa shape index (κ3) is 5.28. The molecule has 8 heteroatoms. The van der Waals surface area contributed by atoms with Crippen LogP contribution in [0.5, 0.6) is 0 Å². The number of carbonyl (C=O) groups excluding carboxylic acids is 3. The van der Waals surface area contributed by atoms with Gasteiger partial charge < -0.3 is 20.4 Å². The van der Waals surface area contributed by atoms with Gasteiger partial charge >= 0.3 is 0 Å². The lowest BCUT2D eigenvalue weighted by atomic mass is 10.2. The van der Waals surface area contributed by atoms with Gasteiger partial charge in [-0.3, -0.25) is 19.4 Å². The van der Waals surface area contributed by atoms with Gasteiger partial charge in [-0.05, 0) is 48.5 Å². The number of nitrogens with zero attached hydrogens (tertiary/aromatic N) is 1. The van der Waals surface area contributed by atoms with Crippen molar-refractivity contribution in [2.24, 2.45) is 0 Å². The molecule has 0 aliphatic rings. The predicted octanol–water partition coefficient (Wildman–Crippen LogP) is 2.69. The van der Waals surface area contributed by atoms with Crippen molar-refractivity contribution in [3.63, 3.8) is 0 Å². The summed E-state index contributed by atoms with van der Waals surface area (Å²) in [7, 11) is 0. The van der Waals surface area contributed by atoms with Crippen molar-refractivity contribution >= 4 is 29.1 Å². The SMILES string of the molecule is O=C(CCNC(=O)c1ccco1)Nc1ccc(C(=O)Nc2cccnc2)cc1. The Labute approximate surface area is 161 Å². The average Bonchev–Trinajstić information content (AvgIpc) is 3.24. The first-order chi connectivity index (χ1) is 13.6. The lowest BCUT2D eigenvalue weighted by molar-refractivity contribution is -0.116. The van der Waals surface area contributed by atoms with Gasteiger partial charge in [-0.15, -0.1) is 0 Å². The highest BCUT2D eigenvalue weighted by Gasteiger charge is 2.10. The number of anilines is 2. The third-order valence-corrected chi connectivity index (χ3v) is 3.73. The molecule has 0 bridgehead atoms. The molecule has 0 aliphatic heterocycles. The van der Waals surface area contributed by atoms with Crippen LogP contribution in [0.3, 0.4) is 0 Å². The van der Waals surface area contributed by atoms with Gasteiger partial charge in [0, 0.05) is 30.4 Å². The third-order valence-electron chi connectivity index (χ3n) is 3.73. The van der Waals surface area contributed by atoms with E-state index in [4.69, 9.17) is 4.42 Å². The number of pyridine rings is 1. The Hall–Kier alpha value is -3.94. The number of rotatable bonds is 7. The number of benzene rings is 1. The van der Waals surface area contributed by atoms with Gasteiger partial charge in [0.25, 0.3) is 11.8 Å². The predicted molar refractivity (Wildman–Crippen MR) is 103 cm³/mol. The summed E-state index contributed by atoms with van der Waals surface area (Å²) in [4.78, 5) is 39.8. The van der Waals surface area contributed by atoms with E-state index in [0.29, 0.717) is 16.9 Å². The Balaban J connectivity index is 1.45. The molecule has 0 spiro atoms. The van der Waals surface area contributed by atoms with Gasteiger partial charge in [0.1, 0.15) is 0 Å². The topological polar surface area (TPSA) is 113 Å². The van der Waals surface area contributed by atoms with Gasteiger partial charge in [0.2, 0.25) is 5.91 Å². The maximum atomic E-state index is 12.2. The first-order valence-electron chi connectivity index (χ1n) is 8.55. The van der Waals surface area contributed by atoms with E-state index in [1.54, 1.807) is 60.9 Å². The van der Waals surface area contributed by atoms with E-state index in [9.17, 15) is 14.4 Å². The summed E-state index contributed by atoms with van der Waals surface area (Å²) in [5.41, 5.74) is 1.61. The highest BCUT2D eigenvalue weighted by Crippen LogP contribution is 2.12. The number of hydrogen-bond donors (Lipinski definition) is 3. The number of carbonyl (C=O) groups is 3.